The van der Waals surface area contributed by atoms with Crippen LogP contribution in [0.4, 0.5) is 5.82 Å². The highest BCUT2D eigenvalue weighted by atomic mass is 16.5. The van der Waals surface area contributed by atoms with E-state index in [-0.39, 0.29) is 0 Å². The van der Waals surface area contributed by atoms with Gasteiger partial charge in [0, 0.05) is 53.4 Å². The van der Waals surface area contributed by atoms with Crippen molar-refractivity contribution in [2.24, 2.45) is 0 Å². The van der Waals surface area contributed by atoms with Gasteiger partial charge in [0.15, 0.2) is 0 Å². The molecule has 4 heterocycles. The van der Waals surface area contributed by atoms with Crippen LogP contribution in [0.15, 0.2) is 55.0 Å². The molecule has 2 aliphatic heterocycles. The number of hydrogen-bond acceptors (Lipinski definition) is 5. The highest BCUT2D eigenvalue weighted by molar-refractivity contribution is 5.79. The van der Waals surface area contributed by atoms with Crippen molar-refractivity contribution in [3.63, 3.8) is 0 Å². The van der Waals surface area contributed by atoms with E-state index in [1.807, 2.05) is 18.3 Å². The second-order valence-electron chi connectivity index (χ2n) is 8.50. The number of pyridine rings is 2. The molecule has 4 N–H and O–H groups in total. The van der Waals surface area contributed by atoms with Crippen LogP contribution in [0.25, 0.3) is 22.3 Å². The molecule has 0 aliphatic carbocycles. The van der Waals surface area contributed by atoms with E-state index in [1.165, 1.54) is 24.0 Å². The molecular weight excluding hydrogens is 388 g/mol. The van der Waals surface area contributed by atoms with Crippen molar-refractivity contribution in [3.8, 4) is 22.3 Å². The fraction of sp³-hybridized carbons (Fsp3) is 0.360. The lowest BCUT2D eigenvalue weighted by Gasteiger charge is -2.27. The fourth-order valence-corrected chi connectivity index (χ4v) is 4.85. The first-order valence-corrected chi connectivity index (χ1v) is 11.1. The summed E-state index contributed by atoms with van der Waals surface area (Å²) in [6.07, 6.45) is 9.60. The smallest absolute Gasteiger partial charge is 0.222 e. The third-order valence-electron chi connectivity index (χ3n) is 6.56. The molecular formula is C25H29N4O2+. The molecule has 160 valence electrons. The molecule has 5 rings (SSSR count). The molecule has 2 aliphatic rings. The second-order valence-corrected chi connectivity index (χ2v) is 8.50. The van der Waals surface area contributed by atoms with E-state index >= 15 is 0 Å². The quantitative estimate of drug-likeness (QED) is 0.444. The Kier molecular flexibility index (Phi) is 5.57. The van der Waals surface area contributed by atoms with Gasteiger partial charge in [0.05, 0.1) is 0 Å². The summed E-state index contributed by atoms with van der Waals surface area (Å²) in [4.78, 5) is 4.47. The monoisotopic (exact) mass is 417 g/mol. The van der Waals surface area contributed by atoms with Crippen molar-refractivity contribution in [2.75, 3.05) is 25.5 Å². The van der Waals surface area contributed by atoms with E-state index in [9.17, 15) is 5.21 Å². The summed E-state index contributed by atoms with van der Waals surface area (Å²) in [5.74, 6) is 1.05. The van der Waals surface area contributed by atoms with Gasteiger partial charge in [-0.3, -0.25) is 5.21 Å². The van der Waals surface area contributed by atoms with Gasteiger partial charge >= 0.3 is 0 Å². The largest absolute Gasteiger partial charge is 0.383 e. The van der Waals surface area contributed by atoms with Gasteiger partial charge in [-0.05, 0) is 72.5 Å². The van der Waals surface area contributed by atoms with Crippen LogP contribution >= 0.6 is 0 Å². The van der Waals surface area contributed by atoms with Crippen molar-refractivity contribution in [3.05, 3.63) is 66.1 Å². The molecule has 0 spiro atoms. The predicted octanol–water partition coefficient (Wildman–Crippen LogP) is 3.84. The van der Waals surface area contributed by atoms with E-state index in [1.54, 1.807) is 12.4 Å². The van der Waals surface area contributed by atoms with E-state index in [4.69, 9.17) is 10.5 Å². The van der Waals surface area contributed by atoms with E-state index in [0.717, 1.165) is 59.6 Å². The van der Waals surface area contributed by atoms with Crippen LogP contribution in [-0.4, -0.2) is 29.9 Å². The molecule has 2 aromatic heterocycles. The average molecular weight is 418 g/mol. The summed E-state index contributed by atoms with van der Waals surface area (Å²) in [7, 11) is 0. The third kappa shape index (κ3) is 4.13. The normalized spacial score (nSPS) is 19.5. The minimum absolute atomic E-state index is 0.410. The van der Waals surface area contributed by atoms with Crippen LogP contribution in [-0.2, 0) is 4.74 Å². The van der Waals surface area contributed by atoms with Crippen molar-refractivity contribution >= 4 is 5.82 Å². The first kappa shape index (κ1) is 20.0. The number of nitrogen functional groups attached to an aromatic ring is 1. The molecule has 0 radical (unpaired) electrons. The van der Waals surface area contributed by atoms with E-state index < -0.39 is 0 Å². The number of ether oxygens (including phenoxy) is 1. The first-order valence-electron chi connectivity index (χ1n) is 11.1. The molecule has 2 fully saturated rings. The zero-order valence-corrected chi connectivity index (χ0v) is 17.6. The van der Waals surface area contributed by atoms with Crippen molar-refractivity contribution in [1.82, 2.24) is 10.3 Å². The van der Waals surface area contributed by atoms with Crippen LogP contribution in [0.5, 0.6) is 0 Å². The Balaban J connectivity index is 1.55. The minimum Gasteiger partial charge on any atom is -0.383 e. The number of benzene rings is 1. The number of nitrogens with two attached hydrogens (primary N) is 1. The Labute approximate surface area is 182 Å². The van der Waals surface area contributed by atoms with E-state index in [0.29, 0.717) is 17.8 Å². The summed E-state index contributed by atoms with van der Waals surface area (Å²) in [5, 5.41) is 13.2. The summed E-state index contributed by atoms with van der Waals surface area (Å²) < 4.78 is 6.62. The maximum atomic E-state index is 9.53. The lowest BCUT2D eigenvalue weighted by atomic mass is 9.84. The molecule has 0 amide bonds. The van der Waals surface area contributed by atoms with Crippen LogP contribution in [0.1, 0.15) is 48.8 Å². The van der Waals surface area contributed by atoms with Gasteiger partial charge in [-0.25, -0.2) is 4.98 Å². The van der Waals surface area contributed by atoms with Crippen LogP contribution in [0.3, 0.4) is 0 Å². The van der Waals surface area contributed by atoms with Gasteiger partial charge < -0.3 is 15.8 Å². The molecule has 6 nitrogen and oxygen atoms in total. The number of aromatic nitrogens is 2. The predicted molar refractivity (Wildman–Crippen MR) is 120 cm³/mol. The molecule has 31 heavy (non-hydrogen) atoms. The number of rotatable bonds is 4. The summed E-state index contributed by atoms with van der Waals surface area (Å²) >= 11 is 0. The standard InChI is InChI=1S/C25H28N4O2/c26-25-22(17-5-10-29(30)11-6-17)15-20(16-28-25)19-3-4-21(18-7-12-31-13-8-18)23(14-19)24-2-1-9-27-24/h3-6,10-11,14-16,18,24,26-27,30H,1-2,7-9,12-13H2/p+1/t24-/m0/s1. The van der Waals surface area contributed by atoms with Gasteiger partial charge in [-0.15, -0.1) is 0 Å². The Bertz CT molecular complexity index is 1060. The summed E-state index contributed by atoms with van der Waals surface area (Å²) in [5.41, 5.74) is 13.1. The maximum absolute atomic E-state index is 9.53. The molecule has 6 heteroatoms. The third-order valence-corrected chi connectivity index (χ3v) is 6.56. The second kappa shape index (κ2) is 8.65. The number of anilines is 1. The molecule has 2 saturated heterocycles. The summed E-state index contributed by atoms with van der Waals surface area (Å²) in [6.45, 7) is 2.77. The first-order chi connectivity index (χ1) is 15.2. The van der Waals surface area contributed by atoms with Gasteiger partial charge in [0.25, 0.3) is 0 Å². The highest BCUT2D eigenvalue weighted by Crippen LogP contribution is 2.38. The zero-order valence-electron chi connectivity index (χ0n) is 17.6. The van der Waals surface area contributed by atoms with Crippen molar-refractivity contribution in [2.45, 2.75) is 37.6 Å². The van der Waals surface area contributed by atoms with Gasteiger partial charge in [0.2, 0.25) is 12.4 Å². The van der Waals surface area contributed by atoms with Crippen molar-refractivity contribution in [1.29, 1.82) is 0 Å². The van der Waals surface area contributed by atoms with Gasteiger partial charge in [-0.2, -0.15) is 0 Å². The Morgan fingerprint density at radius 3 is 2.52 bits per heavy atom. The lowest BCUT2D eigenvalue weighted by Crippen LogP contribution is -2.27. The van der Waals surface area contributed by atoms with E-state index in [2.05, 4.69) is 34.6 Å². The maximum Gasteiger partial charge on any atom is 0.222 e. The fourth-order valence-electron chi connectivity index (χ4n) is 4.85. The Morgan fingerprint density at radius 1 is 0.968 bits per heavy atom. The molecule has 1 atom stereocenters. The van der Waals surface area contributed by atoms with Crippen molar-refractivity contribution < 1.29 is 14.7 Å². The average Bonchev–Trinajstić information content (AvgIpc) is 3.35. The number of nitrogens with zero attached hydrogens (tertiary/aromatic N) is 2. The van der Waals surface area contributed by atoms with Crippen LogP contribution in [0, 0.1) is 0 Å². The Morgan fingerprint density at radius 2 is 1.77 bits per heavy atom. The zero-order chi connectivity index (χ0) is 21.2. The molecule has 0 unspecified atom stereocenters. The highest BCUT2D eigenvalue weighted by Gasteiger charge is 2.25. The summed E-state index contributed by atoms with van der Waals surface area (Å²) in [6, 6.07) is 13.0. The Hall–Kier alpha value is -2.96. The van der Waals surface area contributed by atoms with Crippen LogP contribution < -0.4 is 15.8 Å². The van der Waals surface area contributed by atoms with Gasteiger partial charge in [-0.1, -0.05) is 12.1 Å². The lowest BCUT2D eigenvalue weighted by molar-refractivity contribution is -0.904. The van der Waals surface area contributed by atoms with Crippen LogP contribution in [0.2, 0.25) is 0 Å². The minimum atomic E-state index is 0.410. The molecule has 0 bridgehead atoms. The van der Waals surface area contributed by atoms with Gasteiger partial charge in [0.1, 0.15) is 5.82 Å². The molecule has 0 saturated carbocycles. The number of nitrogens with one attached hydrogen (secondary N) is 1. The topological polar surface area (TPSA) is 84.3 Å². The number of hydrogen-bond donors (Lipinski definition) is 3. The molecule has 3 aromatic rings. The SMILES string of the molecule is Nc1ncc(-c2ccc(C3CCOCC3)c([C@@H]3CCCN3)c2)cc1-c1cc[n+](O)cc1. The molecule has 1 aromatic carbocycles.